The first-order valence-electron chi connectivity index (χ1n) is 10.7. The first-order chi connectivity index (χ1) is 14.3. The predicted octanol–water partition coefficient (Wildman–Crippen LogP) is 3.69. The lowest BCUT2D eigenvalue weighted by atomic mass is 9.70. The van der Waals surface area contributed by atoms with E-state index in [1.54, 1.807) is 0 Å². The number of pyridine rings is 1. The van der Waals surface area contributed by atoms with E-state index in [1.807, 2.05) is 24.3 Å². The Morgan fingerprint density at radius 1 is 1.20 bits per heavy atom. The van der Waals surface area contributed by atoms with Crippen molar-refractivity contribution < 1.29 is 19.1 Å². The number of fused-ring (bicyclic) bond motifs is 2. The highest BCUT2D eigenvalue weighted by Gasteiger charge is 2.33. The van der Waals surface area contributed by atoms with Crippen LogP contribution >= 0.6 is 0 Å². The topological polar surface area (TPSA) is 76.6 Å². The van der Waals surface area contributed by atoms with Gasteiger partial charge in [-0.05, 0) is 48.6 Å². The third kappa shape index (κ3) is 3.83. The number of aryl methyl sites for hydroxylation is 1. The number of para-hydroxylation sites is 1. The smallest absolute Gasteiger partial charge is 0.339 e. The van der Waals surface area contributed by atoms with Gasteiger partial charge in [0.25, 0.3) is 5.91 Å². The number of likely N-dealkylation sites (tertiary alicyclic amines) is 1. The van der Waals surface area contributed by atoms with Crippen LogP contribution in [-0.4, -0.2) is 40.8 Å². The summed E-state index contributed by atoms with van der Waals surface area (Å²) in [5.74, 6) is -0.732. The van der Waals surface area contributed by atoms with Crippen LogP contribution < -0.4 is 0 Å². The number of carbonyl (C=O) groups excluding carboxylic acids is 3. The summed E-state index contributed by atoms with van der Waals surface area (Å²) in [5.41, 5.74) is 3.29. The van der Waals surface area contributed by atoms with Gasteiger partial charge in [0, 0.05) is 24.0 Å². The molecule has 1 unspecified atom stereocenters. The molecule has 4 rings (SSSR count). The first-order valence-corrected chi connectivity index (χ1v) is 10.7. The van der Waals surface area contributed by atoms with E-state index in [4.69, 9.17) is 9.72 Å². The SMILES string of the molecule is CC(C)(C)C1CCc2nc3ccccc3c(C(=O)OCC(=O)N3CCCC3=O)c2C1. The number of aromatic nitrogens is 1. The number of carbonyl (C=O) groups is 3. The van der Waals surface area contributed by atoms with E-state index in [2.05, 4.69) is 20.8 Å². The van der Waals surface area contributed by atoms with Crippen LogP contribution in [0.5, 0.6) is 0 Å². The minimum absolute atomic E-state index is 0.122. The standard InChI is InChI=1S/C24H28N2O4/c1-24(2,3)15-10-11-19-17(13-15)22(16-7-4-5-8-18(16)25-19)23(29)30-14-21(28)26-12-6-9-20(26)27/h4-5,7-8,15H,6,9-14H2,1-3H3. The summed E-state index contributed by atoms with van der Waals surface area (Å²) in [6.45, 7) is 6.65. The van der Waals surface area contributed by atoms with Crippen molar-refractivity contribution in [2.45, 2.75) is 52.9 Å². The quantitative estimate of drug-likeness (QED) is 0.724. The maximum atomic E-state index is 13.2. The van der Waals surface area contributed by atoms with Crippen LogP contribution in [0.1, 0.15) is 61.6 Å². The second-order valence-corrected chi connectivity index (χ2v) is 9.35. The fourth-order valence-electron chi connectivity index (χ4n) is 4.55. The van der Waals surface area contributed by atoms with E-state index in [0.717, 1.165) is 41.4 Å². The number of ether oxygens (including phenoxy) is 1. The van der Waals surface area contributed by atoms with Gasteiger partial charge >= 0.3 is 5.97 Å². The zero-order chi connectivity index (χ0) is 21.5. The largest absolute Gasteiger partial charge is 0.452 e. The van der Waals surface area contributed by atoms with Crippen molar-refractivity contribution in [1.82, 2.24) is 9.88 Å². The van der Waals surface area contributed by atoms with Crippen LogP contribution in [0, 0.1) is 11.3 Å². The van der Waals surface area contributed by atoms with E-state index in [0.29, 0.717) is 30.9 Å². The highest BCUT2D eigenvalue weighted by Crippen LogP contribution is 2.39. The molecule has 1 aromatic heterocycles. The van der Waals surface area contributed by atoms with Gasteiger partial charge in [-0.15, -0.1) is 0 Å². The molecule has 1 aliphatic carbocycles. The van der Waals surface area contributed by atoms with E-state index < -0.39 is 18.5 Å². The van der Waals surface area contributed by atoms with Gasteiger partial charge in [-0.3, -0.25) is 19.5 Å². The average Bonchev–Trinajstić information content (AvgIpc) is 3.14. The Bertz CT molecular complexity index is 1020. The third-order valence-electron chi connectivity index (χ3n) is 6.39. The summed E-state index contributed by atoms with van der Waals surface area (Å²) in [5, 5.41) is 0.750. The van der Waals surface area contributed by atoms with Crippen LogP contribution in [0.4, 0.5) is 0 Å². The van der Waals surface area contributed by atoms with Crippen molar-refractivity contribution >= 4 is 28.7 Å². The number of amides is 2. The van der Waals surface area contributed by atoms with Gasteiger partial charge in [0.1, 0.15) is 0 Å². The maximum Gasteiger partial charge on any atom is 0.339 e. The molecule has 1 aliphatic heterocycles. The molecule has 1 fully saturated rings. The zero-order valence-electron chi connectivity index (χ0n) is 17.9. The average molecular weight is 408 g/mol. The predicted molar refractivity (Wildman–Crippen MR) is 113 cm³/mol. The zero-order valence-corrected chi connectivity index (χ0v) is 17.9. The minimum atomic E-state index is -0.514. The molecule has 1 aromatic carbocycles. The molecule has 0 bridgehead atoms. The lowest BCUT2D eigenvalue weighted by Gasteiger charge is -2.35. The molecule has 1 atom stereocenters. The Labute approximate surface area is 176 Å². The Morgan fingerprint density at radius 3 is 2.67 bits per heavy atom. The molecule has 30 heavy (non-hydrogen) atoms. The van der Waals surface area contributed by atoms with Gasteiger partial charge in [0.15, 0.2) is 6.61 Å². The number of hydrogen-bond acceptors (Lipinski definition) is 5. The summed E-state index contributed by atoms with van der Waals surface area (Å²) >= 11 is 0. The fraction of sp³-hybridized carbons (Fsp3) is 0.500. The Kier molecular flexibility index (Phi) is 5.35. The number of esters is 1. The van der Waals surface area contributed by atoms with E-state index in [-0.39, 0.29) is 11.3 Å². The Morgan fingerprint density at radius 2 is 1.97 bits per heavy atom. The van der Waals surface area contributed by atoms with Gasteiger partial charge in [0.2, 0.25) is 5.91 Å². The molecule has 0 N–H and O–H groups in total. The molecule has 6 nitrogen and oxygen atoms in total. The minimum Gasteiger partial charge on any atom is -0.452 e. The molecule has 0 radical (unpaired) electrons. The van der Waals surface area contributed by atoms with Gasteiger partial charge in [0.05, 0.1) is 11.1 Å². The van der Waals surface area contributed by atoms with E-state index in [1.165, 1.54) is 4.90 Å². The van der Waals surface area contributed by atoms with Crippen molar-refractivity contribution in [1.29, 1.82) is 0 Å². The fourth-order valence-corrected chi connectivity index (χ4v) is 4.55. The van der Waals surface area contributed by atoms with Gasteiger partial charge in [-0.2, -0.15) is 0 Å². The Balaban J connectivity index is 1.66. The number of benzene rings is 1. The van der Waals surface area contributed by atoms with Crippen molar-refractivity contribution in [2.75, 3.05) is 13.2 Å². The summed E-state index contributed by atoms with van der Waals surface area (Å²) in [4.78, 5) is 43.3. The van der Waals surface area contributed by atoms with Crippen LogP contribution in [0.25, 0.3) is 10.9 Å². The van der Waals surface area contributed by atoms with Crippen molar-refractivity contribution in [3.8, 4) is 0 Å². The molecule has 2 heterocycles. The molecule has 2 aliphatic rings. The summed E-state index contributed by atoms with van der Waals surface area (Å²) in [6, 6.07) is 7.56. The second kappa shape index (κ2) is 7.82. The molecule has 0 spiro atoms. The highest BCUT2D eigenvalue weighted by molar-refractivity contribution is 6.06. The summed E-state index contributed by atoms with van der Waals surface area (Å²) in [7, 11) is 0. The molecule has 6 heteroatoms. The molecule has 2 aromatic rings. The van der Waals surface area contributed by atoms with Crippen molar-refractivity contribution in [3.63, 3.8) is 0 Å². The molecular formula is C24H28N2O4. The van der Waals surface area contributed by atoms with Crippen LogP contribution in [0.3, 0.4) is 0 Å². The molecule has 1 saturated heterocycles. The summed E-state index contributed by atoms with van der Waals surface area (Å²) in [6.07, 6.45) is 3.65. The summed E-state index contributed by atoms with van der Waals surface area (Å²) < 4.78 is 5.44. The second-order valence-electron chi connectivity index (χ2n) is 9.35. The number of imide groups is 1. The van der Waals surface area contributed by atoms with Crippen molar-refractivity contribution in [2.24, 2.45) is 11.3 Å². The lowest BCUT2D eigenvalue weighted by Crippen LogP contribution is -2.35. The van der Waals surface area contributed by atoms with Crippen molar-refractivity contribution in [3.05, 3.63) is 41.1 Å². The van der Waals surface area contributed by atoms with Gasteiger partial charge in [-0.1, -0.05) is 39.0 Å². The third-order valence-corrected chi connectivity index (χ3v) is 6.39. The lowest BCUT2D eigenvalue weighted by molar-refractivity contribution is -0.143. The highest BCUT2D eigenvalue weighted by atomic mass is 16.5. The number of nitrogens with zero attached hydrogens (tertiary/aromatic N) is 2. The van der Waals surface area contributed by atoms with Gasteiger partial charge in [-0.25, -0.2) is 4.79 Å². The van der Waals surface area contributed by atoms with Gasteiger partial charge < -0.3 is 4.74 Å². The number of hydrogen-bond donors (Lipinski definition) is 0. The normalized spacial score (nSPS) is 19.1. The first kappa shape index (κ1) is 20.5. The van der Waals surface area contributed by atoms with E-state index in [9.17, 15) is 14.4 Å². The van der Waals surface area contributed by atoms with E-state index >= 15 is 0 Å². The number of rotatable bonds is 3. The monoisotopic (exact) mass is 408 g/mol. The van der Waals surface area contributed by atoms with Crippen LogP contribution in [0.15, 0.2) is 24.3 Å². The molecular weight excluding hydrogens is 380 g/mol. The molecule has 158 valence electrons. The molecule has 2 amide bonds. The van der Waals surface area contributed by atoms with Crippen LogP contribution in [-0.2, 0) is 27.2 Å². The molecule has 0 saturated carbocycles. The Hall–Kier alpha value is -2.76. The maximum absolute atomic E-state index is 13.2. The van der Waals surface area contributed by atoms with Crippen LogP contribution in [0.2, 0.25) is 0 Å².